The molecule has 4 nitrogen and oxygen atoms in total. The van der Waals surface area contributed by atoms with Gasteiger partial charge in [0.25, 0.3) is 0 Å². The minimum atomic E-state index is -0.786. The predicted molar refractivity (Wildman–Crippen MR) is 109 cm³/mol. The van der Waals surface area contributed by atoms with E-state index in [0.717, 1.165) is 35.3 Å². The minimum absolute atomic E-state index is 0. The topological polar surface area (TPSA) is 49.8 Å². The molecule has 2 aliphatic heterocycles. The van der Waals surface area contributed by atoms with Gasteiger partial charge >= 0.3 is 5.97 Å². The van der Waals surface area contributed by atoms with Crippen molar-refractivity contribution in [1.29, 1.82) is 0 Å². The molecule has 1 N–H and O–H groups in total. The Labute approximate surface area is 169 Å². The lowest BCUT2D eigenvalue weighted by Crippen LogP contribution is -2.49. The zero-order valence-electron chi connectivity index (χ0n) is 14.7. The molecule has 27 heavy (non-hydrogen) atoms. The summed E-state index contributed by atoms with van der Waals surface area (Å²) in [5, 5.41) is 9.72. The molecule has 0 radical (unpaired) electrons. The Morgan fingerprint density at radius 3 is 2.59 bits per heavy atom. The van der Waals surface area contributed by atoms with Crippen molar-refractivity contribution in [2.24, 2.45) is 0 Å². The van der Waals surface area contributed by atoms with Crippen LogP contribution in [0.5, 0.6) is 5.75 Å². The van der Waals surface area contributed by atoms with Gasteiger partial charge in [0.15, 0.2) is 0 Å². The molecule has 0 saturated carbocycles. The van der Waals surface area contributed by atoms with Crippen LogP contribution in [0.2, 0.25) is 5.02 Å². The smallest absolute Gasteiger partial charge is 0.317 e. The number of carboxylic acid groups (broad SMARTS) is 1. The summed E-state index contributed by atoms with van der Waals surface area (Å²) in [5.41, 5.74) is 2.86. The second-order valence-electron chi connectivity index (χ2n) is 6.90. The van der Waals surface area contributed by atoms with Crippen molar-refractivity contribution in [3.63, 3.8) is 0 Å². The zero-order chi connectivity index (χ0) is 18.1. The molecule has 1 fully saturated rings. The summed E-state index contributed by atoms with van der Waals surface area (Å²) in [6, 6.07) is 15.9. The van der Waals surface area contributed by atoms with Crippen LogP contribution in [0.4, 0.5) is 0 Å². The van der Waals surface area contributed by atoms with E-state index in [-0.39, 0.29) is 19.0 Å². The van der Waals surface area contributed by atoms with Crippen LogP contribution in [0.15, 0.2) is 54.6 Å². The lowest BCUT2D eigenvalue weighted by atomic mass is 9.83. The number of likely N-dealkylation sites (tertiary alicyclic amines) is 1. The SMILES string of the molecule is Cl.O=C(O)CN1CCC2(C=C(c3cccc(Cl)c3)c3ccccc3O2)CC1. The average molecular weight is 406 g/mol. The van der Waals surface area contributed by atoms with Crippen molar-refractivity contribution in [3.8, 4) is 5.75 Å². The molecule has 0 bridgehead atoms. The molecule has 2 aliphatic rings. The van der Waals surface area contributed by atoms with Gasteiger partial charge in [-0.2, -0.15) is 0 Å². The first kappa shape index (κ1) is 19.7. The van der Waals surface area contributed by atoms with E-state index >= 15 is 0 Å². The lowest BCUT2D eigenvalue weighted by molar-refractivity contribution is -0.139. The summed E-state index contributed by atoms with van der Waals surface area (Å²) in [6.07, 6.45) is 3.73. The Bertz CT molecular complexity index is 873. The molecule has 1 saturated heterocycles. The minimum Gasteiger partial charge on any atom is -0.482 e. The Hall–Kier alpha value is -2.01. The number of piperidine rings is 1. The van der Waals surface area contributed by atoms with E-state index in [1.165, 1.54) is 0 Å². The maximum absolute atomic E-state index is 11.0. The third-order valence-electron chi connectivity index (χ3n) is 5.09. The fraction of sp³-hybridized carbons (Fsp3) is 0.286. The molecule has 0 aliphatic carbocycles. The first-order chi connectivity index (χ1) is 12.5. The van der Waals surface area contributed by atoms with Crippen molar-refractivity contribution in [2.75, 3.05) is 19.6 Å². The summed E-state index contributed by atoms with van der Waals surface area (Å²) in [6.45, 7) is 1.49. The van der Waals surface area contributed by atoms with Gasteiger partial charge in [-0.1, -0.05) is 41.9 Å². The normalized spacial score (nSPS) is 18.0. The van der Waals surface area contributed by atoms with Crippen LogP contribution in [0.25, 0.3) is 5.57 Å². The zero-order valence-corrected chi connectivity index (χ0v) is 16.3. The molecule has 0 atom stereocenters. The van der Waals surface area contributed by atoms with Gasteiger partial charge in [-0.25, -0.2) is 0 Å². The van der Waals surface area contributed by atoms with Crippen LogP contribution in [0.3, 0.4) is 0 Å². The average Bonchev–Trinajstić information content (AvgIpc) is 2.63. The molecule has 0 unspecified atom stereocenters. The monoisotopic (exact) mass is 405 g/mol. The van der Waals surface area contributed by atoms with E-state index in [4.69, 9.17) is 21.4 Å². The van der Waals surface area contributed by atoms with Gasteiger partial charge in [0.05, 0.1) is 6.54 Å². The van der Waals surface area contributed by atoms with Crippen molar-refractivity contribution < 1.29 is 14.6 Å². The fourth-order valence-electron chi connectivity index (χ4n) is 3.79. The summed E-state index contributed by atoms with van der Waals surface area (Å²) < 4.78 is 6.41. The van der Waals surface area contributed by atoms with Crippen molar-refractivity contribution in [2.45, 2.75) is 18.4 Å². The third-order valence-corrected chi connectivity index (χ3v) is 5.33. The lowest BCUT2D eigenvalue weighted by Gasteiger charge is -2.42. The first-order valence-electron chi connectivity index (χ1n) is 8.76. The molecule has 142 valence electrons. The van der Waals surface area contributed by atoms with Crippen LogP contribution < -0.4 is 4.74 Å². The summed E-state index contributed by atoms with van der Waals surface area (Å²) in [5.74, 6) is 0.0858. The maximum atomic E-state index is 11.0. The van der Waals surface area contributed by atoms with E-state index in [2.05, 4.69) is 18.2 Å². The molecule has 1 spiro atoms. The van der Waals surface area contributed by atoms with E-state index in [0.29, 0.717) is 18.1 Å². The Morgan fingerprint density at radius 1 is 1.15 bits per heavy atom. The number of nitrogens with zero attached hydrogens (tertiary/aromatic N) is 1. The van der Waals surface area contributed by atoms with Gasteiger partial charge in [-0.05, 0) is 35.4 Å². The van der Waals surface area contributed by atoms with Crippen LogP contribution in [-0.4, -0.2) is 41.2 Å². The van der Waals surface area contributed by atoms with Gasteiger partial charge < -0.3 is 9.84 Å². The molecular weight excluding hydrogens is 385 g/mol. The van der Waals surface area contributed by atoms with E-state index in [9.17, 15) is 4.79 Å². The summed E-state index contributed by atoms with van der Waals surface area (Å²) in [4.78, 5) is 12.9. The molecule has 2 heterocycles. The number of aliphatic carboxylic acids is 1. The van der Waals surface area contributed by atoms with Gasteiger partial charge in [-0.15, -0.1) is 12.4 Å². The number of hydrogen-bond acceptors (Lipinski definition) is 3. The van der Waals surface area contributed by atoms with Crippen LogP contribution in [0, 0.1) is 0 Å². The fourth-order valence-corrected chi connectivity index (χ4v) is 3.98. The number of para-hydroxylation sites is 1. The second kappa shape index (κ2) is 7.93. The molecule has 2 aromatic rings. The molecule has 6 heteroatoms. The number of hydrogen-bond donors (Lipinski definition) is 1. The van der Waals surface area contributed by atoms with E-state index < -0.39 is 11.6 Å². The van der Waals surface area contributed by atoms with Gasteiger partial charge in [-0.3, -0.25) is 9.69 Å². The molecular formula is C21H21Cl2NO3. The quantitative estimate of drug-likeness (QED) is 0.815. The van der Waals surface area contributed by atoms with Gasteiger partial charge in [0, 0.05) is 36.5 Å². The highest BCUT2D eigenvalue weighted by Gasteiger charge is 2.39. The van der Waals surface area contributed by atoms with E-state index in [1.54, 1.807) is 0 Å². The highest BCUT2D eigenvalue weighted by molar-refractivity contribution is 6.30. The summed E-state index contributed by atoms with van der Waals surface area (Å²) >= 11 is 6.22. The number of carbonyl (C=O) groups is 1. The standard InChI is InChI=1S/C21H20ClNO3.ClH/c22-16-5-3-4-15(12-16)18-13-21(26-19-7-2-1-6-17(18)19)8-10-23(11-9-21)14-20(24)25;/h1-7,12-13H,8-11,14H2,(H,24,25);1H. The number of rotatable bonds is 3. The Morgan fingerprint density at radius 2 is 1.89 bits per heavy atom. The van der Waals surface area contributed by atoms with Crippen LogP contribution in [0.1, 0.15) is 24.0 Å². The number of benzene rings is 2. The molecule has 4 rings (SSSR count). The Balaban J connectivity index is 0.00000210. The highest BCUT2D eigenvalue weighted by atomic mass is 35.5. The number of carboxylic acids is 1. The second-order valence-corrected chi connectivity index (χ2v) is 7.34. The van der Waals surface area contributed by atoms with E-state index in [1.807, 2.05) is 41.3 Å². The van der Waals surface area contributed by atoms with Gasteiger partial charge in [0.1, 0.15) is 11.4 Å². The third kappa shape index (κ3) is 4.13. The largest absolute Gasteiger partial charge is 0.482 e. The van der Waals surface area contributed by atoms with Crippen LogP contribution >= 0.6 is 24.0 Å². The van der Waals surface area contributed by atoms with Crippen molar-refractivity contribution in [1.82, 2.24) is 4.90 Å². The van der Waals surface area contributed by atoms with Crippen molar-refractivity contribution in [3.05, 3.63) is 70.8 Å². The number of halogens is 2. The molecule has 0 aromatic heterocycles. The predicted octanol–water partition coefficient (Wildman–Crippen LogP) is 4.51. The molecule has 2 aromatic carbocycles. The molecule has 0 amide bonds. The van der Waals surface area contributed by atoms with Gasteiger partial charge in [0.2, 0.25) is 0 Å². The first-order valence-corrected chi connectivity index (χ1v) is 9.14. The Kier molecular flexibility index (Phi) is 5.80. The maximum Gasteiger partial charge on any atom is 0.317 e. The number of fused-ring (bicyclic) bond motifs is 1. The highest BCUT2D eigenvalue weighted by Crippen LogP contribution is 2.43. The van der Waals surface area contributed by atoms with Crippen molar-refractivity contribution >= 4 is 35.6 Å². The summed E-state index contributed by atoms with van der Waals surface area (Å²) in [7, 11) is 0. The van der Waals surface area contributed by atoms with Crippen LogP contribution in [-0.2, 0) is 4.79 Å². The number of ether oxygens (including phenoxy) is 1.